The monoisotopic (exact) mass is 286 g/mol. The van der Waals surface area contributed by atoms with Crippen LogP contribution < -0.4 is 11.1 Å². The Kier molecular flexibility index (Phi) is 2.94. The molecule has 3 rings (SSSR count). The van der Waals surface area contributed by atoms with E-state index in [0.29, 0.717) is 16.6 Å². The quantitative estimate of drug-likeness (QED) is 0.426. The molecule has 5 N–H and O–H groups in total. The maximum Gasteiger partial charge on any atom is 0.145 e. The van der Waals surface area contributed by atoms with Gasteiger partial charge in [0.1, 0.15) is 29.5 Å². The van der Waals surface area contributed by atoms with E-state index in [9.17, 15) is 14.6 Å². The van der Waals surface area contributed by atoms with Crippen LogP contribution in [0.1, 0.15) is 0 Å². The van der Waals surface area contributed by atoms with Crippen LogP contribution in [-0.4, -0.2) is 20.2 Å². The van der Waals surface area contributed by atoms with E-state index in [1.165, 1.54) is 24.5 Å². The predicted octanol–water partition coefficient (Wildman–Crippen LogP) is 2.51. The Morgan fingerprint density at radius 2 is 1.86 bits per heavy atom. The van der Waals surface area contributed by atoms with Crippen molar-refractivity contribution in [1.82, 2.24) is 9.97 Å². The number of phenolic OH excluding ortho intramolecular Hbond substituents is 2. The molecule has 2 aromatic carbocycles. The Bertz CT molecular complexity index is 839. The third-order valence-corrected chi connectivity index (χ3v) is 2.95. The lowest BCUT2D eigenvalue weighted by Gasteiger charge is -2.11. The second-order valence-corrected chi connectivity index (χ2v) is 4.44. The number of fused-ring (bicyclic) bond motifs is 1. The van der Waals surface area contributed by atoms with Gasteiger partial charge in [-0.25, -0.2) is 14.4 Å². The van der Waals surface area contributed by atoms with E-state index >= 15 is 0 Å². The molecule has 0 atom stereocenters. The Labute approximate surface area is 118 Å². The number of nitrogens with two attached hydrogens (primary N) is 1. The number of aromatic hydroxyl groups is 2. The number of nitrogens with one attached hydrogen (secondary N) is 1. The first-order chi connectivity index (χ1) is 10.0. The molecule has 0 spiro atoms. The van der Waals surface area contributed by atoms with Gasteiger partial charge in [-0.1, -0.05) is 0 Å². The second kappa shape index (κ2) is 4.78. The number of halogens is 1. The van der Waals surface area contributed by atoms with Crippen LogP contribution in [0.15, 0.2) is 36.7 Å². The molecule has 0 aliphatic heterocycles. The largest absolute Gasteiger partial charge is 0.507 e. The second-order valence-electron chi connectivity index (χ2n) is 4.44. The summed E-state index contributed by atoms with van der Waals surface area (Å²) in [6.45, 7) is 0. The van der Waals surface area contributed by atoms with Crippen LogP contribution in [0.25, 0.3) is 10.9 Å². The molecule has 0 unspecified atom stereocenters. The van der Waals surface area contributed by atoms with Gasteiger partial charge in [-0.3, -0.25) is 0 Å². The molecule has 0 bridgehead atoms. The van der Waals surface area contributed by atoms with E-state index in [4.69, 9.17) is 5.73 Å². The smallest absolute Gasteiger partial charge is 0.145 e. The molecular formula is C14H11FN4O2. The zero-order chi connectivity index (χ0) is 15.0. The van der Waals surface area contributed by atoms with Gasteiger partial charge in [-0.15, -0.1) is 0 Å². The average Bonchev–Trinajstić information content (AvgIpc) is 2.41. The van der Waals surface area contributed by atoms with E-state index in [0.717, 1.165) is 6.07 Å². The van der Waals surface area contributed by atoms with E-state index in [-0.39, 0.29) is 23.0 Å². The summed E-state index contributed by atoms with van der Waals surface area (Å²) in [6.07, 6.45) is 1.30. The third kappa shape index (κ3) is 2.36. The first-order valence-corrected chi connectivity index (χ1v) is 6.03. The van der Waals surface area contributed by atoms with Crippen molar-refractivity contribution in [1.29, 1.82) is 0 Å². The molecule has 0 aliphatic carbocycles. The minimum atomic E-state index is -0.554. The summed E-state index contributed by atoms with van der Waals surface area (Å²) in [4.78, 5) is 8.06. The van der Waals surface area contributed by atoms with Crippen LogP contribution in [-0.2, 0) is 0 Å². The molecule has 21 heavy (non-hydrogen) atoms. The average molecular weight is 286 g/mol. The zero-order valence-electron chi connectivity index (χ0n) is 10.7. The van der Waals surface area contributed by atoms with Gasteiger partial charge < -0.3 is 21.3 Å². The topological polar surface area (TPSA) is 104 Å². The molecule has 3 aromatic rings. The van der Waals surface area contributed by atoms with Crippen molar-refractivity contribution >= 4 is 28.1 Å². The molecule has 1 heterocycles. The van der Waals surface area contributed by atoms with Crippen molar-refractivity contribution in [2.24, 2.45) is 0 Å². The van der Waals surface area contributed by atoms with Gasteiger partial charge in [0.05, 0.1) is 16.6 Å². The van der Waals surface area contributed by atoms with Crippen LogP contribution in [0.5, 0.6) is 11.5 Å². The SMILES string of the molecule is Nc1cc(O)c2c(Nc3ccc(F)cc3O)ncnc2c1. The van der Waals surface area contributed by atoms with Gasteiger partial charge in [-0.2, -0.15) is 0 Å². The standard InChI is InChI=1S/C14H11FN4O2/c15-7-1-2-9(11(20)3-7)19-14-13-10(17-6-18-14)4-8(16)5-12(13)21/h1-6,20-21H,16H2,(H,17,18,19). The molecular weight excluding hydrogens is 275 g/mol. The van der Waals surface area contributed by atoms with E-state index in [2.05, 4.69) is 15.3 Å². The molecule has 7 heteroatoms. The van der Waals surface area contributed by atoms with E-state index < -0.39 is 5.82 Å². The fraction of sp³-hybridized carbons (Fsp3) is 0. The number of aromatic nitrogens is 2. The highest BCUT2D eigenvalue weighted by Gasteiger charge is 2.11. The number of hydrogen-bond donors (Lipinski definition) is 4. The zero-order valence-corrected chi connectivity index (χ0v) is 10.7. The number of anilines is 3. The fourth-order valence-corrected chi connectivity index (χ4v) is 2.02. The molecule has 0 radical (unpaired) electrons. The molecule has 1 aromatic heterocycles. The fourth-order valence-electron chi connectivity index (χ4n) is 2.02. The van der Waals surface area contributed by atoms with E-state index in [1.54, 1.807) is 6.07 Å². The van der Waals surface area contributed by atoms with E-state index in [1.807, 2.05) is 0 Å². The van der Waals surface area contributed by atoms with Crippen LogP contribution in [0, 0.1) is 5.82 Å². The van der Waals surface area contributed by atoms with Crippen molar-refractivity contribution in [2.75, 3.05) is 11.1 Å². The number of nitrogen functional groups attached to an aromatic ring is 1. The normalized spacial score (nSPS) is 10.7. The van der Waals surface area contributed by atoms with Gasteiger partial charge in [-0.05, 0) is 18.2 Å². The summed E-state index contributed by atoms with van der Waals surface area (Å²) in [5.41, 5.74) is 6.72. The third-order valence-electron chi connectivity index (χ3n) is 2.95. The lowest BCUT2D eigenvalue weighted by atomic mass is 10.2. The summed E-state index contributed by atoms with van der Waals surface area (Å²) in [7, 11) is 0. The molecule has 0 saturated heterocycles. The van der Waals surface area contributed by atoms with Crippen molar-refractivity contribution < 1.29 is 14.6 Å². The Balaban J connectivity index is 2.12. The maximum absolute atomic E-state index is 13.0. The Morgan fingerprint density at radius 1 is 1.05 bits per heavy atom. The maximum atomic E-state index is 13.0. The first-order valence-electron chi connectivity index (χ1n) is 6.03. The number of nitrogens with zero attached hydrogens (tertiary/aromatic N) is 2. The van der Waals surface area contributed by atoms with Crippen LogP contribution in [0.3, 0.4) is 0 Å². The summed E-state index contributed by atoms with van der Waals surface area (Å²) in [5.74, 6) is -0.632. The molecule has 106 valence electrons. The molecule has 0 fully saturated rings. The highest BCUT2D eigenvalue weighted by atomic mass is 19.1. The van der Waals surface area contributed by atoms with Crippen molar-refractivity contribution in [3.8, 4) is 11.5 Å². The number of phenols is 2. The molecule has 0 amide bonds. The first kappa shape index (κ1) is 12.9. The lowest BCUT2D eigenvalue weighted by Crippen LogP contribution is -1.97. The van der Waals surface area contributed by atoms with Gasteiger partial charge in [0.2, 0.25) is 0 Å². The lowest BCUT2D eigenvalue weighted by molar-refractivity contribution is 0.471. The summed E-state index contributed by atoms with van der Waals surface area (Å²) >= 11 is 0. The number of rotatable bonds is 2. The predicted molar refractivity (Wildman–Crippen MR) is 77.0 cm³/mol. The molecule has 0 saturated carbocycles. The van der Waals surface area contributed by atoms with Crippen LogP contribution >= 0.6 is 0 Å². The Morgan fingerprint density at radius 3 is 2.62 bits per heavy atom. The van der Waals surface area contributed by atoms with Crippen molar-refractivity contribution in [2.45, 2.75) is 0 Å². The number of hydrogen-bond acceptors (Lipinski definition) is 6. The summed E-state index contributed by atoms with van der Waals surface area (Å²) in [6, 6.07) is 6.51. The number of benzene rings is 2. The highest BCUT2D eigenvalue weighted by molar-refractivity contribution is 5.97. The van der Waals surface area contributed by atoms with Crippen molar-refractivity contribution in [3.05, 3.63) is 42.5 Å². The molecule has 6 nitrogen and oxygen atoms in total. The van der Waals surface area contributed by atoms with Gasteiger partial charge in [0.15, 0.2) is 0 Å². The van der Waals surface area contributed by atoms with Crippen LogP contribution in [0.4, 0.5) is 21.6 Å². The highest BCUT2D eigenvalue weighted by Crippen LogP contribution is 2.34. The summed E-state index contributed by atoms with van der Waals surface area (Å²) in [5, 5.41) is 22.9. The van der Waals surface area contributed by atoms with Gasteiger partial charge >= 0.3 is 0 Å². The summed E-state index contributed by atoms with van der Waals surface area (Å²) < 4.78 is 13.0. The van der Waals surface area contributed by atoms with Crippen LogP contribution in [0.2, 0.25) is 0 Å². The minimum Gasteiger partial charge on any atom is -0.507 e. The van der Waals surface area contributed by atoms with Gasteiger partial charge in [0.25, 0.3) is 0 Å². The Hall–Kier alpha value is -3.09. The van der Waals surface area contributed by atoms with Crippen molar-refractivity contribution in [3.63, 3.8) is 0 Å². The minimum absolute atomic E-state index is 0.0882. The molecule has 0 aliphatic rings. The van der Waals surface area contributed by atoms with Gasteiger partial charge in [0, 0.05) is 17.8 Å².